The van der Waals surface area contributed by atoms with E-state index in [4.69, 9.17) is 11.6 Å². The van der Waals surface area contributed by atoms with E-state index in [0.29, 0.717) is 32.7 Å². The molecule has 11 heteroatoms. The quantitative estimate of drug-likeness (QED) is 0.173. The van der Waals surface area contributed by atoms with Crippen molar-refractivity contribution in [2.24, 2.45) is 0 Å². The highest BCUT2D eigenvalue weighted by molar-refractivity contribution is 14.2. The van der Waals surface area contributed by atoms with E-state index in [0.717, 1.165) is 5.56 Å². The Bertz CT molecular complexity index is 1180. The Morgan fingerprint density at radius 2 is 2.03 bits per heavy atom. The molecule has 2 heterocycles. The number of anilines is 2. The molecule has 1 aromatic carbocycles. The van der Waals surface area contributed by atoms with E-state index in [-0.39, 0.29) is 5.28 Å². The molecule has 0 bridgehead atoms. The summed E-state index contributed by atoms with van der Waals surface area (Å²) < 4.78 is 13.6. The fraction of sp³-hybridized carbons (Fsp3) is 0.111. The third kappa shape index (κ3) is 5.92. The highest BCUT2D eigenvalue weighted by atomic mass is 127. The standard InChI is InChI=1S/C18H13BrClIN5OPS/c1-28(2,27)16-7-11(15-10-22-8-12(24-15)5-6-29-21)3-4-14(16)25-17-13(19)9-23-18(20)26-17/h3-4,7-10H,1-2H3,(H,23,25,26). The van der Waals surface area contributed by atoms with E-state index >= 15 is 0 Å². The topological polar surface area (TPSA) is 80.7 Å². The van der Waals surface area contributed by atoms with Gasteiger partial charge in [0.15, 0.2) is 0 Å². The summed E-state index contributed by atoms with van der Waals surface area (Å²) in [4.78, 5) is 16.9. The normalized spacial score (nSPS) is 10.9. The van der Waals surface area contributed by atoms with Gasteiger partial charge in [-0.1, -0.05) is 6.07 Å². The summed E-state index contributed by atoms with van der Waals surface area (Å²) in [7, 11) is -1.25. The van der Waals surface area contributed by atoms with Crippen molar-refractivity contribution >= 4 is 81.6 Å². The fourth-order valence-corrected chi connectivity index (χ4v) is 4.50. The van der Waals surface area contributed by atoms with Crippen LogP contribution in [0.2, 0.25) is 5.28 Å². The third-order valence-electron chi connectivity index (χ3n) is 3.69. The van der Waals surface area contributed by atoms with E-state index in [1.807, 2.05) is 18.2 Å². The number of halogens is 3. The van der Waals surface area contributed by atoms with Crippen LogP contribution >= 0.6 is 64.8 Å². The van der Waals surface area contributed by atoms with Gasteiger partial charge >= 0.3 is 0 Å². The van der Waals surface area contributed by atoms with Crippen molar-refractivity contribution in [3.05, 3.63) is 52.2 Å². The Morgan fingerprint density at radius 3 is 2.76 bits per heavy atom. The van der Waals surface area contributed by atoms with Crippen LogP contribution in [0, 0.1) is 11.2 Å². The monoisotopic (exact) mass is 619 g/mol. The van der Waals surface area contributed by atoms with Gasteiger partial charge in [-0.15, -0.1) is 0 Å². The first-order valence-corrected chi connectivity index (χ1v) is 15.2. The lowest BCUT2D eigenvalue weighted by atomic mass is 10.1. The molecule has 148 valence electrons. The molecule has 0 saturated heterocycles. The van der Waals surface area contributed by atoms with Gasteiger partial charge in [-0.05, 0) is 73.1 Å². The zero-order chi connectivity index (χ0) is 21.0. The van der Waals surface area contributed by atoms with Crippen molar-refractivity contribution < 1.29 is 4.57 Å². The molecular formula is C18H13BrClIN5OPS. The zero-order valence-electron chi connectivity index (χ0n) is 15.2. The molecule has 0 saturated carbocycles. The molecule has 0 fully saturated rings. The maximum absolute atomic E-state index is 13.0. The molecule has 29 heavy (non-hydrogen) atoms. The number of hydrogen-bond donors (Lipinski definition) is 1. The van der Waals surface area contributed by atoms with Crippen molar-refractivity contribution in [2.75, 3.05) is 18.6 Å². The van der Waals surface area contributed by atoms with Crippen LogP contribution in [0.25, 0.3) is 11.3 Å². The first-order chi connectivity index (χ1) is 13.8. The molecule has 1 N–H and O–H groups in total. The molecule has 0 spiro atoms. The molecule has 0 aliphatic rings. The van der Waals surface area contributed by atoms with E-state index in [1.165, 1.54) is 8.93 Å². The second-order valence-corrected chi connectivity index (χ2v) is 12.2. The molecule has 0 amide bonds. The third-order valence-corrected chi connectivity index (χ3v) is 6.83. The highest BCUT2D eigenvalue weighted by Gasteiger charge is 2.19. The summed E-state index contributed by atoms with van der Waals surface area (Å²) in [6.45, 7) is 3.43. The van der Waals surface area contributed by atoms with Crippen LogP contribution in [0.3, 0.4) is 0 Å². The molecule has 0 aliphatic carbocycles. The highest BCUT2D eigenvalue weighted by Crippen LogP contribution is 2.40. The molecule has 0 atom stereocenters. The number of hydrogen-bond acceptors (Lipinski definition) is 7. The minimum atomic E-state index is -2.63. The molecular weight excluding hydrogens is 608 g/mol. The number of benzene rings is 1. The number of nitrogens with zero attached hydrogens (tertiary/aromatic N) is 4. The van der Waals surface area contributed by atoms with Gasteiger partial charge in [0.2, 0.25) is 5.28 Å². The average molecular weight is 621 g/mol. The summed E-state index contributed by atoms with van der Waals surface area (Å²) in [5, 5.41) is 6.86. The van der Waals surface area contributed by atoms with Gasteiger partial charge in [0.25, 0.3) is 0 Å². The lowest BCUT2D eigenvalue weighted by molar-refractivity contribution is 0.588. The SMILES string of the molecule is CP(C)(=O)c1cc(-c2cncc(C#CSI)n2)ccc1Nc1nc(Cl)ncc1Br. The van der Waals surface area contributed by atoms with Gasteiger partial charge in [-0.2, -0.15) is 4.98 Å². The van der Waals surface area contributed by atoms with Gasteiger partial charge in [0.1, 0.15) is 18.7 Å². The van der Waals surface area contributed by atoms with Crippen LogP contribution in [0.1, 0.15) is 5.69 Å². The minimum Gasteiger partial charge on any atom is -0.339 e. The fourth-order valence-electron chi connectivity index (χ4n) is 2.44. The Kier molecular flexibility index (Phi) is 7.57. The van der Waals surface area contributed by atoms with E-state index < -0.39 is 7.14 Å². The lowest BCUT2D eigenvalue weighted by Crippen LogP contribution is -2.11. The average Bonchev–Trinajstić information content (AvgIpc) is 2.69. The van der Waals surface area contributed by atoms with Crippen molar-refractivity contribution in [3.8, 4) is 22.4 Å². The number of nitrogens with one attached hydrogen (secondary N) is 1. The second kappa shape index (κ2) is 9.75. The number of rotatable bonds is 4. The molecule has 0 radical (unpaired) electrons. The molecule has 0 unspecified atom stereocenters. The molecule has 6 nitrogen and oxygen atoms in total. The van der Waals surface area contributed by atoms with Gasteiger partial charge < -0.3 is 9.88 Å². The van der Waals surface area contributed by atoms with Gasteiger partial charge in [-0.3, -0.25) is 4.98 Å². The van der Waals surface area contributed by atoms with Gasteiger partial charge in [-0.25, -0.2) is 9.97 Å². The summed E-state index contributed by atoms with van der Waals surface area (Å²) >= 11 is 11.4. The van der Waals surface area contributed by atoms with Crippen LogP contribution < -0.4 is 10.6 Å². The minimum absolute atomic E-state index is 0.114. The van der Waals surface area contributed by atoms with E-state index in [2.05, 4.69) is 73.6 Å². The largest absolute Gasteiger partial charge is 0.339 e. The Labute approximate surface area is 198 Å². The molecule has 3 aromatic rings. The molecule has 0 aliphatic heterocycles. The van der Waals surface area contributed by atoms with Gasteiger partial charge in [0, 0.05) is 38.3 Å². The lowest BCUT2D eigenvalue weighted by Gasteiger charge is -2.17. The second-order valence-electron chi connectivity index (χ2n) is 6.14. The van der Waals surface area contributed by atoms with Crippen LogP contribution in [0.5, 0.6) is 0 Å². The maximum Gasteiger partial charge on any atom is 0.224 e. The number of aromatic nitrogens is 4. The Hall–Kier alpha value is -1.18. The van der Waals surface area contributed by atoms with Gasteiger partial charge in [0.05, 0.1) is 28.2 Å². The summed E-state index contributed by atoms with van der Waals surface area (Å²) in [5.41, 5.74) is 2.70. The van der Waals surface area contributed by atoms with Crippen molar-refractivity contribution in [1.82, 2.24) is 19.9 Å². The van der Waals surface area contributed by atoms with Crippen LogP contribution in [0.4, 0.5) is 11.5 Å². The first kappa shape index (κ1) is 22.5. The first-order valence-electron chi connectivity index (χ1n) is 8.03. The predicted molar refractivity (Wildman–Crippen MR) is 133 cm³/mol. The van der Waals surface area contributed by atoms with Crippen LogP contribution in [-0.4, -0.2) is 33.3 Å². The molecule has 2 aromatic heterocycles. The smallest absolute Gasteiger partial charge is 0.224 e. The van der Waals surface area contributed by atoms with E-state index in [1.54, 1.807) is 31.9 Å². The predicted octanol–water partition coefficient (Wildman–Crippen LogP) is 5.73. The molecule has 3 rings (SSSR count). The van der Waals surface area contributed by atoms with Crippen molar-refractivity contribution in [2.45, 2.75) is 0 Å². The summed E-state index contributed by atoms with van der Waals surface area (Å²) in [6.07, 6.45) is 4.83. The zero-order valence-corrected chi connectivity index (χ0v) is 21.4. The summed E-state index contributed by atoms with van der Waals surface area (Å²) in [6, 6.07) is 5.58. The van der Waals surface area contributed by atoms with Crippen molar-refractivity contribution in [3.63, 3.8) is 0 Å². The maximum atomic E-state index is 13.0. The van der Waals surface area contributed by atoms with Crippen LogP contribution in [0.15, 0.2) is 41.3 Å². The Morgan fingerprint density at radius 1 is 1.24 bits per heavy atom. The Balaban J connectivity index is 2.05. The van der Waals surface area contributed by atoms with Crippen molar-refractivity contribution in [1.29, 1.82) is 0 Å². The van der Waals surface area contributed by atoms with Crippen LogP contribution in [-0.2, 0) is 4.57 Å². The van der Waals surface area contributed by atoms with E-state index in [9.17, 15) is 4.57 Å². The summed E-state index contributed by atoms with van der Waals surface area (Å²) in [5.74, 6) is 3.42.